The zero-order valence-corrected chi connectivity index (χ0v) is 13.3. The first-order valence-corrected chi connectivity index (χ1v) is 7.94. The zero-order valence-electron chi connectivity index (χ0n) is 12.5. The molecule has 0 radical (unpaired) electrons. The molecule has 22 heavy (non-hydrogen) atoms. The minimum atomic E-state index is -0.335. The molecule has 1 aliphatic heterocycles. The predicted molar refractivity (Wildman–Crippen MR) is 86.3 cm³/mol. The van der Waals surface area contributed by atoms with Crippen LogP contribution >= 0.6 is 11.8 Å². The van der Waals surface area contributed by atoms with Gasteiger partial charge in [-0.05, 0) is 32.4 Å². The molecule has 1 atom stereocenters. The Morgan fingerprint density at radius 2 is 2.32 bits per heavy atom. The van der Waals surface area contributed by atoms with E-state index >= 15 is 0 Å². The van der Waals surface area contributed by atoms with Crippen molar-refractivity contribution >= 4 is 27.8 Å². The summed E-state index contributed by atoms with van der Waals surface area (Å²) in [5.41, 5.74) is 0.970. The lowest BCUT2D eigenvalue weighted by Gasteiger charge is -2.14. The number of hydrogen-bond acceptors (Lipinski definition) is 5. The van der Waals surface area contributed by atoms with Crippen molar-refractivity contribution in [1.29, 1.82) is 0 Å². The molecular weight excluding hydrogens is 303 g/mol. The third-order valence-corrected chi connectivity index (χ3v) is 4.59. The molecule has 116 valence electrons. The average Bonchev–Trinajstić information content (AvgIpc) is 3.01. The Morgan fingerprint density at radius 3 is 3.00 bits per heavy atom. The van der Waals surface area contributed by atoms with E-state index in [4.69, 9.17) is 9.36 Å². The van der Waals surface area contributed by atoms with Gasteiger partial charge in [-0.2, -0.15) is 0 Å². The largest absolute Gasteiger partial charge is 0.389 e. The minimum absolute atomic E-state index is 0.0143. The summed E-state index contributed by atoms with van der Waals surface area (Å²) in [6.07, 6.45) is 3.31. The van der Waals surface area contributed by atoms with Crippen LogP contribution in [0.1, 0.15) is 37.6 Å². The summed E-state index contributed by atoms with van der Waals surface area (Å²) in [5.74, 6) is -0.335. The number of thioether (sulfide) groups is 1. The lowest BCUT2D eigenvalue weighted by atomic mass is 10.1. The van der Waals surface area contributed by atoms with E-state index in [2.05, 4.69) is 16.9 Å². The molecule has 2 aromatic rings. The van der Waals surface area contributed by atoms with Crippen molar-refractivity contribution < 1.29 is 13.8 Å². The third-order valence-electron chi connectivity index (χ3n) is 3.40. The summed E-state index contributed by atoms with van der Waals surface area (Å²) in [6, 6.07) is 4.46. The third kappa shape index (κ3) is 3.02. The molecule has 1 aliphatic rings. The molecule has 6 heteroatoms. The molecule has 4 nitrogen and oxygen atoms in total. The molecule has 0 fully saturated rings. The molecule has 1 aromatic carbocycles. The smallest absolute Gasteiger partial charge is 0.170 e. The number of oxime groups is 1. The zero-order chi connectivity index (χ0) is 15.7. The average molecular weight is 320 g/mol. The van der Waals surface area contributed by atoms with Crippen LogP contribution in [-0.4, -0.2) is 15.8 Å². The van der Waals surface area contributed by atoms with E-state index in [0.29, 0.717) is 12.0 Å². The second-order valence-electron chi connectivity index (χ2n) is 5.85. The summed E-state index contributed by atoms with van der Waals surface area (Å²) >= 11 is 1.59. The Bertz CT molecular complexity index is 739. The number of hydrogen-bond donors (Lipinski definition) is 0. The Morgan fingerprint density at radius 1 is 1.50 bits per heavy atom. The van der Waals surface area contributed by atoms with Crippen LogP contribution < -0.4 is 0 Å². The van der Waals surface area contributed by atoms with E-state index in [0.717, 1.165) is 22.5 Å². The fraction of sp³-hybridized carbons (Fsp3) is 0.375. The van der Waals surface area contributed by atoms with Crippen molar-refractivity contribution in [2.75, 3.05) is 0 Å². The van der Waals surface area contributed by atoms with Crippen molar-refractivity contribution in [3.63, 3.8) is 0 Å². The Balaban J connectivity index is 1.88. The number of nitrogens with zero attached hydrogens (tertiary/aromatic N) is 2. The molecule has 3 rings (SSSR count). The normalized spacial score (nSPS) is 18.0. The highest BCUT2D eigenvalue weighted by Crippen LogP contribution is 2.40. The van der Waals surface area contributed by atoms with Gasteiger partial charge in [-0.25, -0.2) is 4.39 Å². The molecule has 0 N–H and O–H groups in total. The van der Waals surface area contributed by atoms with Gasteiger partial charge in [0.05, 0.1) is 5.25 Å². The van der Waals surface area contributed by atoms with Gasteiger partial charge in [0.25, 0.3) is 0 Å². The molecular formula is C16H17FN2O2S. The van der Waals surface area contributed by atoms with Gasteiger partial charge < -0.3 is 9.36 Å². The molecule has 0 amide bonds. The Hall–Kier alpha value is -1.82. The molecule has 0 aliphatic carbocycles. The number of rotatable bonds is 4. The fourth-order valence-corrected chi connectivity index (χ4v) is 3.71. The van der Waals surface area contributed by atoms with Gasteiger partial charge in [0.15, 0.2) is 5.58 Å². The van der Waals surface area contributed by atoms with Gasteiger partial charge >= 0.3 is 0 Å². The number of fused-ring (bicyclic) bond motifs is 1. The minimum Gasteiger partial charge on any atom is -0.389 e. The highest BCUT2D eigenvalue weighted by atomic mass is 32.2. The second kappa shape index (κ2) is 5.76. The molecule has 0 spiro atoms. The van der Waals surface area contributed by atoms with Crippen LogP contribution in [0.5, 0.6) is 0 Å². The van der Waals surface area contributed by atoms with Crippen molar-refractivity contribution in [3.8, 4) is 0 Å². The SMILES string of the molecule is C=CCC(SC1=NOC(C)(C)C1)c1noc2cc(F)ccc12. The van der Waals surface area contributed by atoms with E-state index in [9.17, 15) is 4.39 Å². The first kappa shape index (κ1) is 15.1. The van der Waals surface area contributed by atoms with Crippen molar-refractivity contribution in [2.45, 2.75) is 37.5 Å². The molecule has 0 bridgehead atoms. The summed E-state index contributed by atoms with van der Waals surface area (Å²) in [7, 11) is 0. The van der Waals surface area contributed by atoms with Crippen molar-refractivity contribution in [1.82, 2.24) is 5.16 Å². The van der Waals surface area contributed by atoms with Gasteiger partial charge in [0.1, 0.15) is 22.2 Å². The van der Waals surface area contributed by atoms with E-state index in [1.165, 1.54) is 12.1 Å². The Labute approximate surface area is 132 Å². The summed E-state index contributed by atoms with van der Waals surface area (Å²) in [4.78, 5) is 5.40. The molecule has 0 saturated carbocycles. The summed E-state index contributed by atoms with van der Waals surface area (Å²) in [5, 5.41) is 10.0. The number of aromatic nitrogens is 1. The van der Waals surface area contributed by atoms with Gasteiger partial charge in [-0.1, -0.05) is 28.2 Å². The summed E-state index contributed by atoms with van der Waals surface area (Å²) < 4.78 is 18.5. The van der Waals surface area contributed by atoms with Crippen molar-refractivity contribution in [2.24, 2.45) is 5.16 Å². The predicted octanol–water partition coefficient (Wildman–Crippen LogP) is 4.83. The van der Waals surface area contributed by atoms with Crippen LogP contribution in [0, 0.1) is 5.82 Å². The first-order chi connectivity index (χ1) is 10.5. The number of halogens is 1. The van der Waals surface area contributed by atoms with Gasteiger partial charge in [0.2, 0.25) is 0 Å². The second-order valence-corrected chi connectivity index (χ2v) is 7.13. The van der Waals surface area contributed by atoms with Crippen LogP contribution in [0.3, 0.4) is 0 Å². The van der Waals surface area contributed by atoms with Crippen LogP contribution in [0.15, 0.2) is 40.5 Å². The lowest BCUT2D eigenvalue weighted by Crippen LogP contribution is -2.18. The van der Waals surface area contributed by atoms with Crippen LogP contribution in [0.2, 0.25) is 0 Å². The van der Waals surface area contributed by atoms with E-state index in [-0.39, 0.29) is 16.7 Å². The van der Waals surface area contributed by atoms with Crippen LogP contribution in [-0.2, 0) is 4.84 Å². The van der Waals surface area contributed by atoms with Gasteiger partial charge in [-0.15, -0.1) is 6.58 Å². The standard InChI is InChI=1S/C16H17FN2O2S/c1-4-5-13(22-14-9-16(2,3)21-18-14)15-11-7-6-10(17)8-12(11)20-19-15/h4,6-8,13H,1,5,9H2,2-3H3. The molecule has 1 unspecified atom stereocenters. The van der Waals surface area contributed by atoms with Crippen LogP contribution in [0.4, 0.5) is 4.39 Å². The number of allylic oxidation sites excluding steroid dienone is 1. The maximum Gasteiger partial charge on any atom is 0.170 e. The highest BCUT2D eigenvalue weighted by Gasteiger charge is 2.32. The molecule has 1 aromatic heterocycles. The van der Waals surface area contributed by atoms with E-state index < -0.39 is 0 Å². The monoisotopic (exact) mass is 320 g/mol. The van der Waals surface area contributed by atoms with E-state index in [1.807, 2.05) is 19.9 Å². The fourth-order valence-electron chi connectivity index (χ4n) is 2.36. The van der Waals surface area contributed by atoms with Crippen LogP contribution in [0.25, 0.3) is 11.0 Å². The highest BCUT2D eigenvalue weighted by molar-refractivity contribution is 8.14. The number of benzene rings is 1. The first-order valence-electron chi connectivity index (χ1n) is 7.06. The quantitative estimate of drug-likeness (QED) is 0.757. The molecule has 0 saturated heterocycles. The lowest BCUT2D eigenvalue weighted by molar-refractivity contribution is 0.0123. The maximum absolute atomic E-state index is 13.3. The Kier molecular flexibility index (Phi) is 3.95. The van der Waals surface area contributed by atoms with E-state index in [1.54, 1.807) is 17.8 Å². The maximum atomic E-state index is 13.3. The van der Waals surface area contributed by atoms with Gasteiger partial charge in [-0.3, -0.25) is 0 Å². The van der Waals surface area contributed by atoms with Gasteiger partial charge in [0, 0.05) is 17.9 Å². The van der Waals surface area contributed by atoms with Crippen molar-refractivity contribution in [3.05, 3.63) is 42.4 Å². The topological polar surface area (TPSA) is 47.6 Å². The summed E-state index contributed by atoms with van der Waals surface area (Å²) in [6.45, 7) is 7.81. The molecule has 2 heterocycles.